The van der Waals surface area contributed by atoms with Crippen LogP contribution in [0.4, 0.5) is 14.5 Å². The number of nitrogens with zero attached hydrogens (tertiary/aromatic N) is 2. The summed E-state index contributed by atoms with van der Waals surface area (Å²) >= 11 is 0. The molecule has 2 aromatic carbocycles. The maximum absolute atomic E-state index is 12.5. The Hall–Kier alpha value is -2.67. The van der Waals surface area contributed by atoms with Crippen molar-refractivity contribution < 1.29 is 27.9 Å². The standard InChI is InChI=1S/C22H25F2N2O3/c1-28-18-12-8-17(9-13-18)26-20-5-3-2-4-14-25(20)15-22(26,27)16-6-10-19(11-7-16)29-21(23)24/h6-13,21,27H,2-5,14-15H2,1H3/q+1/t22-/m1/s1. The number of rotatable bonds is 5. The molecule has 0 bridgehead atoms. The van der Waals surface area contributed by atoms with E-state index in [9.17, 15) is 13.9 Å². The molecule has 5 nitrogen and oxygen atoms in total. The molecule has 0 aliphatic carbocycles. The topological polar surface area (TPSA) is 44.9 Å². The summed E-state index contributed by atoms with van der Waals surface area (Å²) in [7, 11) is 1.62. The number of methoxy groups -OCH3 is 1. The molecular formula is C22H25F2N2O3+. The summed E-state index contributed by atoms with van der Waals surface area (Å²) in [5, 5.41) is 11.8. The van der Waals surface area contributed by atoms with Crippen molar-refractivity contribution in [2.45, 2.75) is 38.0 Å². The van der Waals surface area contributed by atoms with E-state index in [1.54, 1.807) is 19.2 Å². The van der Waals surface area contributed by atoms with Gasteiger partial charge in [0.1, 0.15) is 17.2 Å². The second-order valence-corrected chi connectivity index (χ2v) is 7.40. The maximum atomic E-state index is 12.5. The number of hydrogen-bond donors (Lipinski definition) is 1. The second-order valence-electron chi connectivity index (χ2n) is 7.40. The van der Waals surface area contributed by atoms with Gasteiger partial charge < -0.3 is 14.6 Å². The molecule has 2 aromatic rings. The molecule has 0 spiro atoms. The van der Waals surface area contributed by atoms with Gasteiger partial charge in [-0.1, -0.05) is 0 Å². The van der Waals surface area contributed by atoms with Crippen LogP contribution in [0, 0.1) is 0 Å². The zero-order chi connectivity index (χ0) is 20.4. The smallest absolute Gasteiger partial charge is 0.387 e. The SMILES string of the molecule is COc1ccc(N2C3=[N+](CCCCC3)C[C@@]2(O)c2ccc(OC(F)F)cc2)cc1. The average Bonchev–Trinajstić information content (AvgIpc) is 2.84. The first-order chi connectivity index (χ1) is 14.0. The Labute approximate surface area is 168 Å². The van der Waals surface area contributed by atoms with Gasteiger partial charge >= 0.3 is 6.61 Å². The van der Waals surface area contributed by atoms with Crippen molar-refractivity contribution in [2.75, 3.05) is 25.1 Å². The third kappa shape index (κ3) is 3.79. The largest absolute Gasteiger partial charge is 0.497 e. The molecule has 2 aliphatic heterocycles. The normalized spacial score (nSPS) is 21.9. The fourth-order valence-corrected chi connectivity index (χ4v) is 4.24. The van der Waals surface area contributed by atoms with Gasteiger partial charge in [0, 0.05) is 12.0 Å². The van der Waals surface area contributed by atoms with Gasteiger partial charge in [-0.2, -0.15) is 13.7 Å². The first kappa shape index (κ1) is 19.6. The lowest BCUT2D eigenvalue weighted by Crippen LogP contribution is -2.47. The molecule has 0 aromatic heterocycles. The fraction of sp³-hybridized carbons (Fsp3) is 0.409. The van der Waals surface area contributed by atoms with Crippen molar-refractivity contribution in [2.24, 2.45) is 0 Å². The van der Waals surface area contributed by atoms with Crippen molar-refractivity contribution in [1.82, 2.24) is 0 Å². The summed E-state index contributed by atoms with van der Waals surface area (Å²) in [5.74, 6) is 1.90. The van der Waals surface area contributed by atoms with Crippen LogP contribution in [0.15, 0.2) is 48.5 Å². The summed E-state index contributed by atoms with van der Waals surface area (Å²) in [6.45, 7) is -1.57. The van der Waals surface area contributed by atoms with E-state index in [0.717, 1.165) is 49.5 Å². The van der Waals surface area contributed by atoms with Gasteiger partial charge in [-0.25, -0.2) is 0 Å². The van der Waals surface area contributed by atoms with E-state index in [1.807, 2.05) is 29.2 Å². The van der Waals surface area contributed by atoms with Crippen LogP contribution in [-0.4, -0.2) is 42.3 Å². The molecule has 154 valence electrons. The zero-order valence-corrected chi connectivity index (χ0v) is 16.4. The quantitative estimate of drug-likeness (QED) is 0.768. The maximum Gasteiger partial charge on any atom is 0.387 e. The van der Waals surface area contributed by atoms with Crippen LogP contribution in [0.3, 0.4) is 0 Å². The van der Waals surface area contributed by atoms with Crippen LogP contribution >= 0.6 is 0 Å². The highest BCUT2D eigenvalue weighted by Gasteiger charge is 2.54. The summed E-state index contributed by atoms with van der Waals surface area (Å²) < 4.78 is 36.9. The minimum atomic E-state index is -2.88. The number of hydrogen-bond acceptors (Lipinski definition) is 4. The first-order valence-corrected chi connectivity index (χ1v) is 9.84. The number of anilines is 1. The summed E-state index contributed by atoms with van der Waals surface area (Å²) in [6, 6.07) is 13.9. The second kappa shape index (κ2) is 7.99. The Balaban J connectivity index is 1.73. The molecule has 1 N–H and O–H groups in total. The van der Waals surface area contributed by atoms with E-state index in [1.165, 1.54) is 12.1 Å². The number of benzene rings is 2. The number of alkyl halides is 2. The Bertz CT molecular complexity index is 884. The van der Waals surface area contributed by atoms with Gasteiger partial charge in [0.05, 0.1) is 13.7 Å². The molecule has 7 heteroatoms. The summed E-state index contributed by atoms with van der Waals surface area (Å²) in [4.78, 5) is 1.97. The van der Waals surface area contributed by atoms with Crippen molar-refractivity contribution >= 4 is 11.5 Å². The molecule has 0 saturated carbocycles. The molecule has 29 heavy (non-hydrogen) atoms. The molecule has 2 heterocycles. The average molecular weight is 403 g/mol. The fourth-order valence-electron chi connectivity index (χ4n) is 4.24. The van der Waals surface area contributed by atoms with Gasteiger partial charge in [0.25, 0.3) is 11.6 Å². The van der Waals surface area contributed by atoms with Crippen molar-refractivity contribution in [3.63, 3.8) is 0 Å². The van der Waals surface area contributed by atoms with Crippen LogP contribution in [0.5, 0.6) is 11.5 Å². The molecule has 0 radical (unpaired) electrons. The number of ether oxygens (including phenoxy) is 2. The third-order valence-electron chi connectivity index (χ3n) is 5.61. The number of amidine groups is 1. The van der Waals surface area contributed by atoms with E-state index in [-0.39, 0.29) is 5.75 Å². The predicted molar refractivity (Wildman–Crippen MR) is 106 cm³/mol. The predicted octanol–water partition coefficient (Wildman–Crippen LogP) is 3.95. The van der Waals surface area contributed by atoms with E-state index in [2.05, 4.69) is 9.31 Å². The van der Waals surface area contributed by atoms with Crippen LogP contribution < -0.4 is 14.4 Å². The van der Waals surface area contributed by atoms with Gasteiger partial charge in [-0.05, 0) is 67.8 Å². The van der Waals surface area contributed by atoms with E-state index >= 15 is 0 Å². The molecule has 0 unspecified atom stereocenters. The minimum Gasteiger partial charge on any atom is -0.497 e. The van der Waals surface area contributed by atoms with Crippen molar-refractivity contribution in [3.05, 3.63) is 54.1 Å². The molecule has 4 rings (SSSR count). The molecule has 1 atom stereocenters. The third-order valence-corrected chi connectivity index (χ3v) is 5.61. The molecular weight excluding hydrogens is 378 g/mol. The number of halogens is 2. The lowest BCUT2D eigenvalue weighted by molar-refractivity contribution is -0.534. The minimum absolute atomic E-state index is 0.0727. The van der Waals surface area contributed by atoms with E-state index in [0.29, 0.717) is 12.1 Å². The Morgan fingerprint density at radius 1 is 1.00 bits per heavy atom. The van der Waals surface area contributed by atoms with Gasteiger partial charge in [-0.3, -0.25) is 4.58 Å². The van der Waals surface area contributed by atoms with Gasteiger partial charge in [0.2, 0.25) is 0 Å². The van der Waals surface area contributed by atoms with Crippen LogP contribution in [0.1, 0.15) is 31.2 Å². The van der Waals surface area contributed by atoms with Crippen LogP contribution in [-0.2, 0) is 5.72 Å². The van der Waals surface area contributed by atoms with Crippen LogP contribution in [0.2, 0.25) is 0 Å². The summed E-state index contributed by atoms with van der Waals surface area (Å²) in [6.07, 6.45) is 4.18. The van der Waals surface area contributed by atoms with Gasteiger partial charge in [0.15, 0.2) is 6.54 Å². The highest BCUT2D eigenvalue weighted by Crippen LogP contribution is 2.38. The highest BCUT2D eigenvalue weighted by molar-refractivity contribution is 5.97. The Morgan fingerprint density at radius 3 is 2.34 bits per heavy atom. The van der Waals surface area contributed by atoms with Crippen molar-refractivity contribution in [3.8, 4) is 11.5 Å². The van der Waals surface area contributed by atoms with E-state index < -0.39 is 12.3 Å². The van der Waals surface area contributed by atoms with Crippen molar-refractivity contribution in [1.29, 1.82) is 0 Å². The molecule has 0 amide bonds. The lowest BCUT2D eigenvalue weighted by atomic mass is 9.99. The first-order valence-electron chi connectivity index (χ1n) is 9.84. The number of aliphatic hydroxyl groups is 1. The molecule has 2 aliphatic rings. The van der Waals surface area contributed by atoms with Crippen LogP contribution in [0.25, 0.3) is 0 Å². The highest BCUT2D eigenvalue weighted by atomic mass is 19.3. The Kier molecular flexibility index (Phi) is 5.41. The Morgan fingerprint density at radius 2 is 1.69 bits per heavy atom. The molecule has 0 fully saturated rings. The molecule has 0 saturated heterocycles. The monoisotopic (exact) mass is 403 g/mol. The zero-order valence-electron chi connectivity index (χ0n) is 16.4. The van der Waals surface area contributed by atoms with Gasteiger partial charge in [-0.15, -0.1) is 0 Å². The summed E-state index contributed by atoms with van der Waals surface area (Å²) in [5.41, 5.74) is 0.195. The lowest BCUT2D eigenvalue weighted by Gasteiger charge is -2.29. The van der Waals surface area contributed by atoms with E-state index in [4.69, 9.17) is 4.74 Å².